The largest absolute Gasteiger partial charge is 2.00 e. The molecule has 5 aromatic heterocycles. The predicted molar refractivity (Wildman–Crippen MR) is 206 cm³/mol. The van der Waals surface area contributed by atoms with Gasteiger partial charge in [-0.25, -0.2) is 4.98 Å². The minimum Gasteiger partial charge on any atom is -0.497 e. The van der Waals surface area contributed by atoms with Crippen LogP contribution in [0.25, 0.3) is 77.2 Å². The molecule has 7 heteroatoms. The van der Waals surface area contributed by atoms with Crippen LogP contribution in [0.4, 0.5) is 0 Å². The molecule has 252 valence electrons. The van der Waals surface area contributed by atoms with Crippen LogP contribution in [0, 0.1) is 39.8 Å². The summed E-state index contributed by atoms with van der Waals surface area (Å²) in [5.74, 6) is 1.17. The van der Waals surface area contributed by atoms with Crippen LogP contribution in [0.15, 0.2) is 116 Å². The van der Waals surface area contributed by atoms with Gasteiger partial charge < -0.3 is 13.5 Å². The van der Waals surface area contributed by atoms with E-state index in [2.05, 4.69) is 121 Å². The molecule has 52 heavy (non-hydrogen) atoms. The van der Waals surface area contributed by atoms with Crippen LogP contribution >= 0.6 is 0 Å². The number of fused-ring (bicyclic) bond motifs is 12. The minimum atomic E-state index is 0. The number of hydrogen-bond donors (Lipinski definition) is 0. The number of aryl methyl sites for hydroxylation is 4. The predicted octanol–water partition coefficient (Wildman–Crippen LogP) is 10.9. The van der Waals surface area contributed by atoms with E-state index in [9.17, 15) is 0 Å². The Morgan fingerprint density at radius 3 is 1.92 bits per heavy atom. The summed E-state index contributed by atoms with van der Waals surface area (Å²) in [7, 11) is 0. The maximum atomic E-state index is 6.58. The molecule has 0 bridgehead atoms. The minimum absolute atomic E-state index is 0. The van der Waals surface area contributed by atoms with Gasteiger partial charge in [-0.2, -0.15) is 0 Å². The molecule has 6 nitrogen and oxygen atoms in total. The van der Waals surface area contributed by atoms with Gasteiger partial charge in [0.15, 0.2) is 0 Å². The monoisotopic (exact) mass is 852 g/mol. The summed E-state index contributed by atoms with van der Waals surface area (Å²) in [6.45, 7) is 8.64. The zero-order valence-electron chi connectivity index (χ0n) is 28.9. The molecule has 10 aromatic rings. The van der Waals surface area contributed by atoms with E-state index in [1.54, 1.807) is 0 Å². The first-order chi connectivity index (χ1) is 25.0. The van der Waals surface area contributed by atoms with E-state index in [1.807, 2.05) is 43.0 Å². The molecule has 0 spiro atoms. The fourth-order valence-electron chi connectivity index (χ4n) is 8.05. The quantitative estimate of drug-likeness (QED) is 0.131. The number of benzene rings is 5. The Hall–Kier alpha value is -5.84. The number of imidazole rings is 2. The Balaban J connectivity index is 0.00000360. The van der Waals surface area contributed by atoms with Gasteiger partial charge >= 0.3 is 21.1 Å². The van der Waals surface area contributed by atoms with Gasteiger partial charge in [0.25, 0.3) is 0 Å². The van der Waals surface area contributed by atoms with Gasteiger partial charge in [0, 0.05) is 47.4 Å². The van der Waals surface area contributed by atoms with E-state index in [1.165, 1.54) is 33.4 Å². The van der Waals surface area contributed by atoms with Gasteiger partial charge in [-0.1, -0.05) is 100 Å². The van der Waals surface area contributed by atoms with Crippen LogP contribution in [-0.4, -0.2) is 23.8 Å². The molecule has 0 N–H and O–H groups in total. The molecule has 5 aromatic carbocycles. The molecular formula is C45H31N5OPt. The third-order valence-corrected chi connectivity index (χ3v) is 10.3. The van der Waals surface area contributed by atoms with Crippen molar-refractivity contribution in [2.75, 3.05) is 0 Å². The van der Waals surface area contributed by atoms with Gasteiger partial charge in [-0.05, 0) is 84.0 Å². The van der Waals surface area contributed by atoms with Crippen molar-refractivity contribution in [3.63, 3.8) is 0 Å². The molecule has 5 heterocycles. The van der Waals surface area contributed by atoms with Gasteiger partial charge in [0.1, 0.15) is 5.65 Å². The number of pyridine rings is 3. The zero-order chi connectivity index (χ0) is 34.4. The first kappa shape index (κ1) is 32.1. The van der Waals surface area contributed by atoms with E-state index in [0.29, 0.717) is 11.5 Å². The molecular weight excluding hydrogens is 822 g/mol. The van der Waals surface area contributed by atoms with Gasteiger partial charge in [0.05, 0.1) is 17.0 Å². The average Bonchev–Trinajstić information content (AvgIpc) is 3.81. The summed E-state index contributed by atoms with van der Waals surface area (Å²) < 4.78 is 10.9. The maximum Gasteiger partial charge on any atom is 2.00 e. The van der Waals surface area contributed by atoms with Crippen LogP contribution < -0.4 is 4.74 Å². The number of aromatic nitrogens is 5. The Labute approximate surface area is 314 Å². The van der Waals surface area contributed by atoms with Crippen molar-refractivity contribution < 1.29 is 25.8 Å². The summed E-state index contributed by atoms with van der Waals surface area (Å²) in [6, 6.07) is 38.8. The van der Waals surface area contributed by atoms with Crippen molar-refractivity contribution in [3.8, 4) is 33.9 Å². The summed E-state index contributed by atoms with van der Waals surface area (Å²) in [5, 5.41) is 6.05. The molecule has 0 aliphatic carbocycles. The third-order valence-electron chi connectivity index (χ3n) is 10.3. The van der Waals surface area contributed by atoms with Crippen molar-refractivity contribution in [2.45, 2.75) is 27.7 Å². The molecule has 0 saturated carbocycles. The molecule has 0 radical (unpaired) electrons. The second-order valence-corrected chi connectivity index (χ2v) is 13.4. The number of ether oxygens (including phenoxy) is 1. The molecule has 0 aliphatic heterocycles. The SMILES string of the molecule is Cc1cccc(C)c1-c1cccc2c1c1ccc(Oc3[c-]c4c(cc3)c3cccnc3n3c(-c5c(C)cccc5C)cnc43)[c-]c1c1nccn21.[Pt+2]. The second-order valence-electron chi connectivity index (χ2n) is 13.4. The molecule has 0 amide bonds. The van der Waals surface area contributed by atoms with E-state index < -0.39 is 0 Å². The smallest absolute Gasteiger partial charge is 0.497 e. The average molecular weight is 853 g/mol. The summed E-state index contributed by atoms with van der Waals surface area (Å²) in [5.41, 5.74) is 13.1. The number of rotatable bonds is 4. The second kappa shape index (κ2) is 12.1. The van der Waals surface area contributed by atoms with E-state index in [4.69, 9.17) is 19.7 Å². The van der Waals surface area contributed by atoms with Gasteiger partial charge in [-0.15, -0.1) is 12.1 Å². The molecule has 0 atom stereocenters. The summed E-state index contributed by atoms with van der Waals surface area (Å²) in [4.78, 5) is 14.6. The maximum absolute atomic E-state index is 6.58. The zero-order valence-corrected chi connectivity index (χ0v) is 31.2. The topological polar surface area (TPSA) is 56.7 Å². The van der Waals surface area contributed by atoms with Crippen LogP contribution in [0.3, 0.4) is 0 Å². The Bertz CT molecular complexity index is 3020. The number of hydrogen-bond acceptors (Lipinski definition) is 4. The Kier molecular flexibility index (Phi) is 7.49. The normalized spacial score (nSPS) is 11.7. The van der Waals surface area contributed by atoms with Crippen molar-refractivity contribution >= 4 is 54.8 Å². The molecule has 0 unspecified atom stereocenters. The van der Waals surface area contributed by atoms with Gasteiger partial charge in [-0.3, -0.25) is 9.97 Å². The summed E-state index contributed by atoms with van der Waals surface area (Å²) in [6.07, 6.45) is 7.65. The fraction of sp³-hybridized carbons (Fsp3) is 0.0889. The van der Waals surface area contributed by atoms with Crippen LogP contribution in [0.5, 0.6) is 11.5 Å². The third kappa shape index (κ3) is 4.71. The first-order valence-electron chi connectivity index (χ1n) is 17.1. The Morgan fingerprint density at radius 1 is 0.558 bits per heavy atom. The van der Waals surface area contributed by atoms with E-state index in [-0.39, 0.29) is 21.1 Å². The first-order valence-corrected chi connectivity index (χ1v) is 17.1. The Morgan fingerprint density at radius 2 is 1.19 bits per heavy atom. The molecule has 0 aliphatic rings. The molecule has 0 fully saturated rings. The fourth-order valence-corrected chi connectivity index (χ4v) is 8.05. The summed E-state index contributed by atoms with van der Waals surface area (Å²) >= 11 is 0. The van der Waals surface area contributed by atoms with Crippen LogP contribution in [-0.2, 0) is 21.1 Å². The molecule has 10 rings (SSSR count). The molecule has 0 saturated heterocycles. The van der Waals surface area contributed by atoms with Crippen LogP contribution in [0.2, 0.25) is 0 Å². The van der Waals surface area contributed by atoms with Crippen molar-refractivity contribution in [2.24, 2.45) is 0 Å². The standard InChI is InChI=1S/C45H31N5O.Pt/c1-26-9-5-10-27(2)40(26)35-13-7-15-38-42(35)33-19-17-31(24-37(33)43-47-21-22-49(38)43)51-30-16-18-32-34-14-8-20-46-44(34)50-39(25-48-45(50)36(32)23-30)41-28(3)11-6-12-29(41)4;/h5-22,25H,1-4H3;/q-2;+2. The van der Waals surface area contributed by atoms with Crippen molar-refractivity contribution in [3.05, 3.63) is 150 Å². The van der Waals surface area contributed by atoms with E-state index >= 15 is 0 Å². The van der Waals surface area contributed by atoms with Crippen LogP contribution in [0.1, 0.15) is 22.3 Å². The number of nitrogens with zero attached hydrogens (tertiary/aromatic N) is 5. The van der Waals surface area contributed by atoms with Gasteiger partial charge in [0.2, 0.25) is 0 Å². The van der Waals surface area contributed by atoms with Crippen molar-refractivity contribution in [1.29, 1.82) is 0 Å². The van der Waals surface area contributed by atoms with E-state index in [0.717, 1.165) is 66.0 Å². The van der Waals surface area contributed by atoms with Crippen molar-refractivity contribution in [1.82, 2.24) is 23.8 Å².